The van der Waals surface area contributed by atoms with E-state index in [0.717, 1.165) is 12.0 Å². The van der Waals surface area contributed by atoms with Crippen LogP contribution in [0, 0.1) is 5.82 Å². The number of amides is 1. The molecule has 0 saturated carbocycles. The van der Waals surface area contributed by atoms with E-state index in [1.807, 2.05) is 0 Å². The lowest BCUT2D eigenvalue weighted by molar-refractivity contribution is 0.0985. The summed E-state index contributed by atoms with van der Waals surface area (Å²) in [5, 5.41) is 0. The number of aromatic amines is 1. The summed E-state index contributed by atoms with van der Waals surface area (Å²) in [4.78, 5) is 16.6. The zero-order chi connectivity index (χ0) is 12.7. The van der Waals surface area contributed by atoms with Crippen molar-refractivity contribution >= 4 is 17.3 Å². The minimum absolute atomic E-state index is 0.184. The summed E-state index contributed by atoms with van der Waals surface area (Å²) in [6, 6.07) is 6.12. The number of H-pyrrole nitrogens is 1. The molecule has 0 fully saturated rings. The summed E-state index contributed by atoms with van der Waals surface area (Å²) in [5.41, 5.74) is 8.14. The Hall–Kier alpha value is -2.30. The van der Waals surface area contributed by atoms with Gasteiger partial charge >= 0.3 is 0 Å². The van der Waals surface area contributed by atoms with Crippen LogP contribution in [-0.2, 0) is 6.42 Å². The first-order valence-electron chi connectivity index (χ1n) is 5.69. The van der Waals surface area contributed by atoms with Gasteiger partial charge in [0.05, 0.1) is 5.69 Å². The lowest BCUT2D eigenvalue weighted by Gasteiger charge is -2.16. The largest absolute Gasteiger partial charge is 0.397 e. The molecular weight excluding hydrogens is 233 g/mol. The van der Waals surface area contributed by atoms with Gasteiger partial charge in [-0.3, -0.25) is 4.79 Å². The van der Waals surface area contributed by atoms with Crippen LogP contribution in [0.15, 0.2) is 30.5 Å². The van der Waals surface area contributed by atoms with Gasteiger partial charge in [-0.25, -0.2) is 4.39 Å². The highest BCUT2D eigenvalue weighted by molar-refractivity contribution is 6.06. The van der Waals surface area contributed by atoms with Gasteiger partial charge in [0.2, 0.25) is 0 Å². The lowest BCUT2D eigenvalue weighted by Crippen LogP contribution is -2.29. The number of hydrogen-bond donors (Lipinski definition) is 2. The van der Waals surface area contributed by atoms with Gasteiger partial charge in [-0.05, 0) is 30.2 Å². The molecule has 1 aliphatic heterocycles. The van der Waals surface area contributed by atoms with Gasteiger partial charge < -0.3 is 15.6 Å². The summed E-state index contributed by atoms with van der Waals surface area (Å²) in [6.07, 6.45) is 2.31. The van der Waals surface area contributed by atoms with E-state index in [-0.39, 0.29) is 11.7 Å². The van der Waals surface area contributed by atoms with Crippen molar-refractivity contribution < 1.29 is 9.18 Å². The maximum absolute atomic E-state index is 13.2. The van der Waals surface area contributed by atoms with E-state index in [1.54, 1.807) is 23.2 Å². The van der Waals surface area contributed by atoms with E-state index < -0.39 is 0 Å². The number of anilines is 2. The third-order valence-electron chi connectivity index (χ3n) is 3.12. The van der Waals surface area contributed by atoms with Crippen LogP contribution in [0.25, 0.3) is 0 Å². The minimum Gasteiger partial charge on any atom is -0.397 e. The van der Waals surface area contributed by atoms with Gasteiger partial charge in [-0.2, -0.15) is 0 Å². The second kappa shape index (κ2) is 3.87. The highest BCUT2D eigenvalue weighted by Gasteiger charge is 2.26. The third-order valence-corrected chi connectivity index (χ3v) is 3.12. The summed E-state index contributed by atoms with van der Waals surface area (Å²) >= 11 is 0. The van der Waals surface area contributed by atoms with Gasteiger partial charge in [0.1, 0.15) is 11.5 Å². The standard InChI is InChI=1S/C13H12FN3O/c14-9-2-1-8-3-4-17(12(8)5-9)13(18)11-6-10(15)7-16-11/h1-2,5-7,16H,3-4,15H2. The number of benzene rings is 1. The van der Waals surface area contributed by atoms with E-state index in [9.17, 15) is 9.18 Å². The summed E-state index contributed by atoms with van der Waals surface area (Å²) < 4.78 is 13.2. The minimum atomic E-state index is -0.334. The number of carbonyl (C=O) groups is 1. The molecule has 92 valence electrons. The van der Waals surface area contributed by atoms with Gasteiger partial charge in [-0.1, -0.05) is 6.07 Å². The first-order valence-corrected chi connectivity index (χ1v) is 5.69. The number of halogens is 1. The number of aromatic nitrogens is 1. The molecule has 1 aromatic carbocycles. The van der Waals surface area contributed by atoms with Gasteiger partial charge in [-0.15, -0.1) is 0 Å². The van der Waals surface area contributed by atoms with Crippen molar-refractivity contribution in [2.45, 2.75) is 6.42 Å². The van der Waals surface area contributed by atoms with Gasteiger partial charge in [0.15, 0.2) is 0 Å². The van der Waals surface area contributed by atoms with Crippen LogP contribution in [-0.4, -0.2) is 17.4 Å². The second-order valence-electron chi connectivity index (χ2n) is 4.33. The van der Waals surface area contributed by atoms with Crippen molar-refractivity contribution in [2.24, 2.45) is 0 Å². The van der Waals surface area contributed by atoms with Crippen LogP contribution in [0.2, 0.25) is 0 Å². The molecular formula is C13H12FN3O. The smallest absolute Gasteiger partial charge is 0.274 e. The maximum atomic E-state index is 13.2. The average molecular weight is 245 g/mol. The molecule has 1 amide bonds. The number of nitrogens with two attached hydrogens (primary N) is 1. The highest BCUT2D eigenvalue weighted by atomic mass is 19.1. The molecule has 3 rings (SSSR count). The number of nitrogens with zero attached hydrogens (tertiary/aromatic N) is 1. The summed E-state index contributed by atoms with van der Waals surface area (Å²) in [6.45, 7) is 0.566. The molecule has 1 aliphatic rings. The van der Waals surface area contributed by atoms with Crippen LogP contribution in [0.4, 0.5) is 15.8 Å². The number of nitrogens with one attached hydrogen (secondary N) is 1. The van der Waals surface area contributed by atoms with Crippen molar-refractivity contribution in [3.63, 3.8) is 0 Å². The Kier molecular flexibility index (Phi) is 2.33. The van der Waals surface area contributed by atoms with Crippen molar-refractivity contribution in [3.8, 4) is 0 Å². The molecule has 0 atom stereocenters. The van der Waals surface area contributed by atoms with Crippen LogP contribution in [0.5, 0.6) is 0 Å². The SMILES string of the molecule is Nc1c[nH]c(C(=O)N2CCc3ccc(F)cc32)c1. The van der Waals surface area contributed by atoms with E-state index in [2.05, 4.69) is 4.98 Å². The summed E-state index contributed by atoms with van der Waals surface area (Å²) in [5.74, 6) is -0.518. The molecule has 3 N–H and O–H groups in total. The van der Waals surface area contributed by atoms with Gasteiger partial charge in [0.25, 0.3) is 5.91 Å². The molecule has 2 heterocycles. The van der Waals surface area contributed by atoms with Gasteiger partial charge in [0, 0.05) is 18.4 Å². The fourth-order valence-electron chi connectivity index (χ4n) is 2.24. The second-order valence-corrected chi connectivity index (χ2v) is 4.33. The monoisotopic (exact) mass is 245 g/mol. The number of nitrogen functional groups attached to an aromatic ring is 1. The molecule has 4 nitrogen and oxygen atoms in total. The Morgan fingerprint density at radius 1 is 1.39 bits per heavy atom. The normalized spacial score (nSPS) is 13.7. The zero-order valence-corrected chi connectivity index (χ0v) is 9.61. The number of hydrogen-bond acceptors (Lipinski definition) is 2. The Morgan fingerprint density at radius 2 is 2.22 bits per heavy atom. The molecule has 18 heavy (non-hydrogen) atoms. The Balaban J connectivity index is 1.96. The predicted octanol–water partition coefficient (Wildman–Crippen LogP) is 1.94. The molecule has 0 spiro atoms. The molecule has 0 radical (unpaired) electrons. The van der Waals surface area contributed by atoms with Crippen molar-refractivity contribution in [1.29, 1.82) is 0 Å². The Bertz CT molecular complexity index is 620. The average Bonchev–Trinajstić information content (AvgIpc) is 2.94. The molecule has 1 aromatic heterocycles. The number of rotatable bonds is 1. The topological polar surface area (TPSA) is 62.1 Å². The van der Waals surface area contributed by atoms with Crippen LogP contribution in [0.3, 0.4) is 0 Å². The molecule has 5 heteroatoms. The predicted molar refractivity (Wildman–Crippen MR) is 67.0 cm³/mol. The van der Waals surface area contributed by atoms with E-state index >= 15 is 0 Å². The molecule has 2 aromatic rings. The first kappa shape index (κ1) is 10.8. The van der Waals surface area contributed by atoms with Crippen LogP contribution >= 0.6 is 0 Å². The van der Waals surface area contributed by atoms with Crippen molar-refractivity contribution in [2.75, 3.05) is 17.2 Å². The Morgan fingerprint density at radius 3 is 2.94 bits per heavy atom. The first-order chi connectivity index (χ1) is 8.65. The Labute approximate surface area is 103 Å². The lowest BCUT2D eigenvalue weighted by atomic mass is 10.2. The maximum Gasteiger partial charge on any atom is 0.274 e. The van der Waals surface area contributed by atoms with Crippen LogP contribution in [0.1, 0.15) is 16.1 Å². The molecule has 0 bridgehead atoms. The van der Waals surface area contributed by atoms with E-state index in [1.165, 1.54) is 12.1 Å². The fraction of sp³-hybridized carbons (Fsp3) is 0.154. The quantitative estimate of drug-likeness (QED) is 0.806. The fourth-order valence-corrected chi connectivity index (χ4v) is 2.24. The highest BCUT2D eigenvalue weighted by Crippen LogP contribution is 2.29. The van der Waals surface area contributed by atoms with E-state index in [4.69, 9.17) is 5.73 Å². The third kappa shape index (κ3) is 1.64. The molecule has 0 saturated heterocycles. The molecule has 0 aliphatic carbocycles. The molecule has 0 unspecified atom stereocenters. The van der Waals surface area contributed by atoms with Crippen LogP contribution < -0.4 is 10.6 Å². The van der Waals surface area contributed by atoms with Crippen molar-refractivity contribution in [1.82, 2.24) is 4.98 Å². The number of fused-ring (bicyclic) bond motifs is 1. The number of carbonyl (C=O) groups excluding carboxylic acids is 1. The van der Waals surface area contributed by atoms with Crippen molar-refractivity contribution in [3.05, 3.63) is 47.5 Å². The summed E-state index contributed by atoms with van der Waals surface area (Å²) in [7, 11) is 0. The zero-order valence-electron chi connectivity index (χ0n) is 9.61. The van der Waals surface area contributed by atoms with E-state index in [0.29, 0.717) is 23.6 Å².